The van der Waals surface area contributed by atoms with Crippen molar-refractivity contribution in [3.05, 3.63) is 29.8 Å². The van der Waals surface area contributed by atoms with Crippen molar-refractivity contribution in [2.45, 2.75) is 50.4 Å². The second-order valence-corrected chi connectivity index (χ2v) is 12.9. The van der Waals surface area contributed by atoms with Crippen LogP contribution in [0.15, 0.2) is 24.3 Å². The molecule has 0 saturated carbocycles. The lowest BCUT2D eigenvalue weighted by Gasteiger charge is -2.39. The molecule has 0 amide bonds. The van der Waals surface area contributed by atoms with Gasteiger partial charge in [0.25, 0.3) is 0 Å². The molecule has 55 heavy (non-hydrogen) atoms. The lowest BCUT2D eigenvalue weighted by molar-refractivity contribution is -0.153. The third-order valence-corrected chi connectivity index (χ3v) is 9.62. The molecule has 4 N–H and O–H groups in total. The molecule has 18 nitrogen and oxygen atoms in total. The van der Waals surface area contributed by atoms with E-state index in [-0.39, 0.29) is 58.8 Å². The van der Waals surface area contributed by atoms with Gasteiger partial charge in [-0.25, -0.2) is 0 Å². The Morgan fingerprint density at radius 3 is 1.35 bits per heavy atom. The SMILES string of the molecule is CCOCCOCCOc1ccc(CCCC(C(=O)O)N2CCN(C(CO)C(=O)OC)CCN(C(CO)C(=O)OC)CCN(C(CO)C(=O)OC)CC2)cc1. The molecule has 2 rings (SSSR count). The first-order valence-electron chi connectivity index (χ1n) is 18.7. The monoisotopic (exact) mass is 786 g/mol. The summed E-state index contributed by atoms with van der Waals surface area (Å²) in [6, 6.07) is 3.37. The maximum absolute atomic E-state index is 12.9. The van der Waals surface area contributed by atoms with E-state index in [9.17, 15) is 39.6 Å². The summed E-state index contributed by atoms with van der Waals surface area (Å²) in [6.07, 6.45) is 1.41. The number of hydrogen-bond acceptors (Lipinski definition) is 17. The molecule has 1 aliphatic heterocycles. The van der Waals surface area contributed by atoms with Crippen LogP contribution < -0.4 is 4.74 Å². The highest BCUT2D eigenvalue weighted by Crippen LogP contribution is 2.18. The Bertz CT molecular complexity index is 1220. The fraction of sp³-hybridized carbons (Fsp3) is 0.730. The van der Waals surface area contributed by atoms with E-state index in [2.05, 4.69) is 0 Å². The summed E-state index contributed by atoms with van der Waals surface area (Å²) in [5.74, 6) is -2.43. The smallest absolute Gasteiger partial charge is 0.325 e. The second-order valence-electron chi connectivity index (χ2n) is 12.9. The highest BCUT2D eigenvalue weighted by Gasteiger charge is 2.35. The van der Waals surface area contributed by atoms with Crippen LogP contribution in [0.1, 0.15) is 25.3 Å². The normalized spacial score (nSPS) is 17.9. The van der Waals surface area contributed by atoms with Gasteiger partial charge in [0.1, 0.15) is 36.5 Å². The van der Waals surface area contributed by atoms with Crippen LogP contribution in [0.2, 0.25) is 0 Å². The zero-order valence-electron chi connectivity index (χ0n) is 32.7. The van der Waals surface area contributed by atoms with Gasteiger partial charge in [-0.15, -0.1) is 0 Å². The standard InChI is InChI=1S/C37H62N4O14/c1-5-53-21-22-54-23-24-55-29-11-9-28(10-12-29)7-6-8-30(34(45)46)38-13-15-39(31(25-42)35(47)50-2)17-19-41(33(27-44)37(49)52-4)20-18-40(16-14-38)32(26-43)36(48)51-3/h9-12,30-33,42-44H,5-8,13-27H2,1-4H3,(H,45,46). The zero-order valence-corrected chi connectivity index (χ0v) is 32.7. The molecule has 1 saturated heterocycles. The molecule has 1 aromatic rings. The largest absolute Gasteiger partial charge is 0.491 e. The molecule has 0 spiro atoms. The van der Waals surface area contributed by atoms with Crippen molar-refractivity contribution >= 4 is 23.9 Å². The number of rotatable bonds is 23. The lowest BCUT2D eigenvalue weighted by Crippen LogP contribution is -2.57. The van der Waals surface area contributed by atoms with Gasteiger partial charge in [0.15, 0.2) is 0 Å². The quantitative estimate of drug-likeness (QED) is 0.0577. The van der Waals surface area contributed by atoms with Gasteiger partial charge in [-0.3, -0.25) is 38.8 Å². The Hall–Kier alpha value is -3.46. The molecule has 314 valence electrons. The first kappa shape index (κ1) is 47.7. The van der Waals surface area contributed by atoms with Crippen molar-refractivity contribution in [3.63, 3.8) is 0 Å². The van der Waals surface area contributed by atoms with Gasteiger partial charge >= 0.3 is 23.9 Å². The highest BCUT2D eigenvalue weighted by molar-refractivity contribution is 5.77. The summed E-state index contributed by atoms with van der Waals surface area (Å²) in [4.78, 5) is 57.8. The van der Waals surface area contributed by atoms with Crippen molar-refractivity contribution in [1.82, 2.24) is 19.6 Å². The number of aliphatic hydroxyl groups excluding tert-OH is 3. The second kappa shape index (κ2) is 27.2. The molecule has 0 aliphatic carbocycles. The molecular formula is C37H62N4O14. The Kier molecular flexibility index (Phi) is 23.6. The molecule has 0 bridgehead atoms. The molecule has 0 aromatic heterocycles. The number of aliphatic hydroxyl groups is 3. The average Bonchev–Trinajstić information content (AvgIpc) is 3.19. The number of aliphatic carboxylic acids is 1. The fourth-order valence-electron chi connectivity index (χ4n) is 6.44. The van der Waals surface area contributed by atoms with Crippen LogP contribution in [0.5, 0.6) is 5.75 Å². The van der Waals surface area contributed by atoms with Crippen LogP contribution >= 0.6 is 0 Å². The van der Waals surface area contributed by atoms with Crippen LogP contribution in [0.25, 0.3) is 0 Å². The third kappa shape index (κ3) is 16.3. The molecule has 4 unspecified atom stereocenters. The number of ether oxygens (including phenoxy) is 6. The van der Waals surface area contributed by atoms with E-state index in [0.717, 1.165) is 5.56 Å². The number of aryl methyl sites for hydroxylation is 1. The van der Waals surface area contributed by atoms with E-state index in [1.807, 2.05) is 31.2 Å². The van der Waals surface area contributed by atoms with Crippen molar-refractivity contribution in [1.29, 1.82) is 0 Å². The predicted molar refractivity (Wildman–Crippen MR) is 199 cm³/mol. The van der Waals surface area contributed by atoms with Gasteiger partial charge in [-0.2, -0.15) is 0 Å². The van der Waals surface area contributed by atoms with Crippen molar-refractivity contribution in [2.24, 2.45) is 0 Å². The van der Waals surface area contributed by atoms with Crippen molar-refractivity contribution < 1.29 is 68.0 Å². The number of methoxy groups -OCH3 is 3. The first-order valence-corrected chi connectivity index (χ1v) is 18.7. The van der Waals surface area contributed by atoms with Gasteiger partial charge in [0.2, 0.25) is 0 Å². The Balaban J connectivity index is 2.29. The fourth-order valence-corrected chi connectivity index (χ4v) is 6.44. The molecule has 1 aromatic carbocycles. The lowest BCUT2D eigenvalue weighted by atomic mass is 10.0. The van der Waals surface area contributed by atoms with Gasteiger partial charge in [-0.05, 0) is 43.9 Å². The molecule has 4 atom stereocenters. The van der Waals surface area contributed by atoms with Crippen LogP contribution in [-0.2, 0) is 49.3 Å². The number of carbonyl (C=O) groups is 4. The van der Waals surface area contributed by atoms with E-state index in [0.29, 0.717) is 51.6 Å². The molecular weight excluding hydrogens is 724 g/mol. The van der Waals surface area contributed by atoms with E-state index >= 15 is 0 Å². The minimum Gasteiger partial charge on any atom is -0.491 e. The van der Waals surface area contributed by atoms with Crippen LogP contribution in [0, 0.1) is 0 Å². The van der Waals surface area contributed by atoms with E-state index in [1.165, 1.54) is 21.3 Å². The molecule has 1 heterocycles. The number of carbonyl (C=O) groups excluding carboxylic acids is 3. The van der Waals surface area contributed by atoms with E-state index in [4.69, 9.17) is 28.4 Å². The summed E-state index contributed by atoms with van der Waals surface area (Å²) in [5, 5.41) is 41.1. The highest BCUT2D eigenvalue weighted by atomic mass is 16.5. The molecule has 0 radical (unpaired) electrons. The van der Waals surface area contributed by atoms with Gasteiger partial charge in [-0.1, -0.05) is 12.1 Å². The van der Waals surface area contributed by atoms with Gasteiger partial charge in [0.05, 0.1) is 61.0 Å². The number of hydrogen-bond donors (Lipinski definition) is 4. The molecule has 1 aliphatic rings. The zero-order chi connectivity index (χ0) is 40.6. The Morgan fingerprint density at radius 2 is 0.982 bits per heavy atom. The van der Waals surface area contributed by atoms with E-state index in [1.54, 1.807) is 19.6 Å². The van der Waals surface area contributed by atoms with Crippen LogP contribution in [0.4, 0.5) is 0 Å². The summed E-state index contributed by atoms with van der Waals surface area (Å²) in [6.45, 7) is 3.66. The summed E-state index contributed by atoms with van der Waals surface area (Å²) in [5.41, 5.74) is 1.00. The molecule has 18 heteroatoms. The maximum Gasteiger partial charge on any atom is 0.325 e. The number of esters is 3. The summed E-state index contributed by atoms with van der Waals surface area (Å²) < 4.78 is 31.3. The minimum atomic E-state index is -1.08. The van der Waals surface area contributed by atoms with E-state index < -0.39 is 67.9 Å². The predicted octanol–water partition coefficient (Wildman–Crippen LogP) is -1.28. The van der Waals surface area contributed by atoms with Crippen molar-refractivity contribution in [3.8, 4) is 5.75 Å². The minimum absolute atomic E-state index is 0.109. The maximum atomic E-state index is 12.9. The average molecular weight is 787 g/mol. The van der Waals surface area contributed by atoms with Gasteiger partial charge < -0.3 is 48.8 Å². The number of carboxylic acid groups (broad SMARTS) is 1. The number of nitrogens with zero attached hydrogens (tertiary/aromatic N) is 4. The Morgan fingerprint density at radius 1 is 0.600 bits per heavy atom. The number of carboxylic acids is 1. The topological polar surface area (TPSA) is 218 Å². The van der Waals surface area contributed by atoms with Gasteiger partial charge in [0, 0.05) is 59.0 Å². The van der Waals surface area contributed by atoms with Crippen LogP contribution in [0.3, 0.4) is 0 Å². The first-order chi connectivity index (χ1) is 26.6. The van der Waals surface area contributed by atoms with Crippen LogP contribution in [-0.4, -0.2) is 215 Å². The summed E-state index contributed by atoms with van der Waals surface area (Å²) in [7, 11) is 3.60. The molecule has 1 fully saturated rings. The summed E-state index contributed by atoms with van der Waals surface area (Å²) >= 11 is 0. The Labute approximate surface area is 323 Å². The third-order valence-electron chi connectivity index (χ3n) is 9.62. The number of benzene rings is 1. The van der Waals surface area contributed by atoms with Crippen molar-refractivity contribution in [2.75, 3.05) is 127 Å².